The summed E-state index contributed by atoms with van der Waals surface area (Å²) in [5, 5.41) is 7.25. The summed E-state index contributed by atoms with van der Waals surface area (Å²) in [6.45, 7) is 9.28. The molecule has 0 unspecified atom stereocenters. The van der Waals surface area contributed by atoms with E-state index in [0.717, 1.165) is 25.2 Å². The number of carbonyl (C=O) groups excluding carboxylic acids is 1. The Morgan fingerprint density at radius 1 is 1.27 bits per heavy atom. The largest absolute Gasteiger partial charge is 0.463 e. The minimum Gasteiger partial charge on any atom is -0.463 e. The molecular weight excluding hydrogens is 334 g/mol. The molecule has 0 aliphatic carbocycles. The number of fused-ring (bicyclic) bond motifs is 3. The summed E-state index contributed by atoms with van der Waals surface area (Å²) < 4.78 is 8.43. The highest BCUT2D eigenvalue weighted by Crippen LogP contribution is 2.20. The van der Waals surface area contributed by atoms with Crippen LogP contribution in [0.1, 0.15) is 26.6 Å². The summed E-state index contributed by atoms with van der Waals surface area (Å²) in [6, 6.07) is 3.51. The summed E-state index contributed by atoms with van der Waals surface area (Å²) in [4.78, 5) is 27.2. The molecule has 0 atom stereocenters. The summed E-state index contributed by atoms with van der Waals surface area (Å²) in [5.74, 6) is 0.500. The minimum atomic E-state index is -0.299. The summed E-state index contributed by atoms with van der Waals surface area (Å²) in [7, 11) is 0. The van der Waals surface area contributed by atoms with Crippen LogP contribution in [-0.4, -0.2) is 51.2 Å². The van der Waals surface area contributed by atoms with Gasteiger partial charge in [-0.3, -0.25) is 14.0 Å². The van der Waals surface area contributed by atoms with Crippen LogP contribution in [0, 0.1) is 0 Å². The molecule has 3 aromatic heterocycles. The van der Waals surface area contributed by atoms with E-state index in [1.807, 2.05) is 13.0 Å². The molecule has 140 valence electrons. The lowest BCUT2D eigenvalue weighted by atomic mass is 10.4. The maximum atomic E-state index is 12.7. The third-order valence-electron chi connectivity index (χ3n) is 4.63. The van der Waals surface area contributed by atoms with E-state index in [1.165, 1.54) is 4.68 Å². The molecule has 0 radical (unpaired) electrons. The van der Waals surface area contributed by atoms with Crippen molar-refractivity contribution < 1.29 is 9.21 Å². The van der Waals surface area contributed by atoms with Crippen molar-refractivity contribution in [3.63, 3.8) is 0 Å². The van der Waals surface area contributed by atoms with E-state index in [9.17, 15) is 9.59 Å². The topological polar surface area (TPSA) is 84.8 Å². The molecule has 8 nitrogen and oxygen atoms in total. The molecule has 0 aliphatic rings. The second-order valence-electron chi connectivity index (χ2n) is 6.14. The predicted octanol–water partition coefficient (Wildman–Crippen LogP) is 1.26. The highest BCUT2D eigenvalue weighted by molar-refractivity contribution is 5.82. The molecule has 0 aromatic carbocycles. The Balaban J connectivity index is 1.81. The van der Waals surface area contributed by atoms with Crippen molar-refractivity contribution in [3.8, 4) is 0 Å². The number of aryl methyl sites for hydroxylation is 1. The minimum absolute atomic E-state index is 0.0902. The van der Waals surface area contributed by atoms with Gasteiger partial charge in [0.1, 0.15) is 17.9 Å². The highest BCUT2D eigenvalue weighted by Gasteiger charge is 2.16. The van der Waals surface area contributed by atoms with Crippen molar-refractivity contribution in [1.82, 2.24) is 24.4 Å². The molecule has 8 heteroatoms. The van der Waals surface area contributed by atoms with E-state index in [4.69, 9.17) is 4.42 Å². The van der Waals surface area contributed by atoms with Crippen LogP contribution in [0.5, 0.6) is 0 Å². The van der Waals surface area contributed by atoms with Gasteiger partial charge < -0.3 is 14.6 Å². The van der Waals surface area contributed by atoms with Crippen LogP contribution >= 0.6 is 0 Å². The molecule has 0 bridgehead atoms. The molecule has 26 heavy (non-hydrogen) atoms. The van der Waals surface area contributed by atoms with Gasteiger partial charge in [0.2, 0.25) is 5.91 Å². The van der Waals surface area contributed by atoms with E-state index >= 15 is 0 Å². The Morgan fingerprint density at radius 2 is 2.04 bits per heavy atom. The van der Waals surface area contributed by atoms with E-state index in [1.54, 1.807) is 16.7 Å². The Labute approximate surface area is 151 Å². The lowest BCUT2D eigenvalue weighted by molar-refractivity contribution is -0.121. The zero-order chi connectivity index (χ0) is 18.7. The number of furan rings is 1. The van der Waals surface area contributed by atoms with E-state index in [-0.39, 0.29) is 18.0 Å². The summed E-state index contributed by atoms with van der Waals surface area (Å²) in [5.41, 5.74) is 1.63. The highest BCUT2D eigenvalue weighted by atomic mass is 16.3. The molecule has 1 amide bonds. The van der Waals surface area contributed by atoms with Crippen LogP contribution in [0.3, 0.4) is 0 Å². The number of hydrogen-bond donors (Lipinski definition) is 1. The average molecular weight is 359 g/mol. The van der Waals surface area contributed by atoms with Crippen molar-refractivity contribution in [2.75, 3.05) is 26.2 Å². The van der Waals surface area contributed by atoms with Gasteiger partial charge in [0.05, 0.1) is 11.8 Å². The molecule has 3 aromatic rings. The zero-order valence-electron chi connectivity index (χ0n) is 15.5. The molecular formula is C18H25N5O3. The number of hydrogen-bond acceptors (Lipinski definition) is 5. The summed E-state index contributed by atoms with van der Waals surface area (Å²) >= 11 is 0. The Kier molecular flexibility index (Phi) is 5.41. The van der Waals surface area contributed by atoms with Crippen LogP contribution in [0.4, 0.5) is 0 Å². The lowest BCUT2D eigenvalue weighted by Gasteiger charge is -2.18. The van der Waals surface area contributed by atoms with Crippen molar-refractivity contribution in [2.45, 2.75) is 33.7 Å². The molecule has 0 aliphatic heterocycles. The number of nitrogens with zero attached hydrogens (tertiary/aromatic N) is 4. The first-order valence-electron chi connectivity index (χ1n) is 9.06. The van der Waals surface area contributed by atoms with Gasteiger partial charge in [-0.1, -0.05) is 20.8 Å². The fourth-order valence-electron chi connectivity index (χ4n) is 3.14. The number of aromatic nitrogens is 3. The maximum absolute atomic E-state index is 12.7. The van der Waals surface area contributed by atoms with Gasteiger partial charge in [-0.05, 0) is 13.1 Å². The van der Waals surface area contributed by atoms with E-state index < -0.39 is 0 Å². The lowest BCUT2D eigenvalue weighted by Crippen LogP contribution is -2.39. The number of rotatable bonds is 8. The van der Waals surface area contributed by atoms with Crippen molar-refractivity contribution in [1.29, 1.82) is 0 Å². The van der Waals surface area contributed by atoms with E-state index in [0.29, 0.717) is 29.9 Å². The quantitative estimate of drug-likeness (QED) is 0.655. The Bertz CT molecular complexity index is 964. The normalized spacial score (nSPS) is 11.7. The number of nitrogens with one attached hydrogen (secondary N) is 1. The standard InChI is InChI=1S/C18H25N5O3/c1-4-16-20-22(12-17(24)19-8-9-21(5-2)6-3)18(25)14-11-15-13(23(14)16)7-10-26-15/h7,10-11H,4-6,8-9,12H2,1-3H3,(H,19,24). The van der Waals surface area contributed by atoms with Gasteiger partial charge in [-0.2, -0.15) is 5.10 Å². The van der Waals surface area contributed by atoms with Crippen molar-refractivity contribution in [2.24, 2.45) is 0 Å². The zero-order valence-corrected chi connectivity index (χ0v) is 15.5. The molecule has 3 heterocycles. The maximum Gasteiger partial charge on any atom is 0.291 e. The Hall–Kier alpha value is -2.61. The van der Waals surface area contributed by atoms with Crippen LogP contribution in [-0.2, 0) is 17.8 Å². The van der Waals surface area contributed by atoms with Gasteiger partial charge in [0.25, 0.3) is 5.56 Å². The molecule has 1 N–H and O–H groups in total. The van der Waals surface area contributed by atoms with Crippen LogP contribution in [0.2, 0.25) is 0 Å². The second-order valence-corrected chi connectivity index (χ2v) is 6.14. The third kappa shape index (κ3) is 3.37. The van der Waals surface area contributed by atoms with Crippen LogP contribution in [0.25, 0.3) is 16.6 Å². The molecule has 0 spiro atoms. The number of likely N-dealkylation sites (N-methyl/N-ethyl adjacent to an activating group) is 1. The SMILES string of the molecule is CCc1nn(CC(=O)NCCN(CC)CC)c(=O)c2cc3occc3n12. The first-order valence-corrected chi connectivity index (χ1v) is 9.06. The van der Waals surface area contributed by atoms with Gasteiger partial charge in [-0.25, -0.2) is 4.68 Å². The molecule has 0 saturated heterocycles. The number of amides is 1. The molecule has 3 rings (SSSR count). The number of carbonyl (C=O) groups is 1. The fourth-order valence-corrected chi connectivity index (χ4v) is 3.14. The smallest absolute Gasteiger partial charge is 0.291 e. The summed E-state index contributed by atoms with van der Waals surface area (Å²) in [6.07, 6.45) is 2.22. The van der Waals surface area contributed by atoms with Gasteiger partial charge in [0, 0.05) is 31.6 Å². The third-order valence-corrected chi connectivity index (χ3v) is 4.63. The monoisotopic (exact) mass is 359 g/mol. The Morgan fingerprint density at radius 3 is 2.73 bits per heavy atom. The fraction of sp³-hybridized carbons (Fsp3) is 0.500. The molecule has 0 saturated carbocycles. The van der Waals surface area contributed by atoms with Crippen molar-refractivity contribution >= 4 is 22.5 Å². The van der Waals surface area contributed by atoms with Gasteiger partial charge in [-0.15, -0.1) is 0 Å². The first kappa shape index (κ1) is 18.2. The van der Waals surface area contributed by atoms with E-state index in [2.05, 4.69) is 29.2 Å². The van der Waals surface area contributed by atoms with Crippen LogP contribution < -0.4 is 10.9 Å². The van der Waals surface area contributed by atoms with Crippen molar-refractivity contribution in [3.05, 3.63) is 34.6 Å². The van der Waals surface area contributed by atoms with Gasteiger partial charge >= 0.3 is 0 Å². The average Bonchev–Trinajstić information content (AvgIpc) is 3.23. The van der Waals surface area contributed by atoms with Gasteiger partial charge in [0.15, 0.2) is 5.58 Å². The predicted molar refractivity (Wildman–Crippen MR) is 99.4 cm³/mol. The van der Waals surface area contributed by atoms with Crippen LogP contribution in [0.15, 0.2) is 27.6 Å². The molecule has 0 fully saturated rings. The first-order chi connectivity index (χ1) is 12.6. The second kappa shape index (κ2) is 7.74.